The van der Waals surface area contributed by atoms with E-state index in [1.807, 2.05) is 20.8 Å². The molecule has 0 aromatic carbocycles. The standard InChI is InChI=1S/C10H17NO2.C9H19NO2.2Rb/c1-8(4-3-5-11)6-9(2)7-10(12)13;1-7(3-4-10)5-8(2)6-9(11)12;;/h8-9H,3-4,6-7H2,1-2H3,(H,12,13);7-8H,3-6,10H2,1-2H3,(H,11,12);;/q;;2*+1/p-2/t8-,9-;7-,8-;;/m11../s1. The van der Waals surface area contributed by atoms with Crippen LogP contribution in [0.25, 0.3) is 0 Å². The molecule has 2 N–H and O–H groups in total. The normalized spacial score (nSPS) is 13.9. The number of hydrogen-bond acceptors (Lipinski definition) is 6. The van der Waals surface area contributed by atoms with Crippen LogP contribution in [0.4, 0.5) is 0 Å². The van der Waals surface area contributed by atoms with Crippen molar-refractivity contribution >= 4 is 11.9 Å². The van der Waals surface area contributed by atoms with Gasteiger partial charge in [0.2, 0.25) is 0 Å². The Morgan fingerprint density at radius 2 is 1.22 bits per heavy atom. The van der Waals surface area contributed by atoms with E-state index < -0.39 is 11.9 Å². The number of nitrogens with two attached hydrogens (primary N) is 1. The molecule has 146 valence electrons. The van der Waals surface area contributed by atoms with Gasteiger partial charge >= 0.3 is 116 Å². The second-order valence-electron chi connectivity index (χ2n) is 7.32. The molecule has 0 saturated carbocycles. The van der Waals surface area contributed by atoms with Gasteiger partial charge < -0.3 is 25.5 Å². The van der Waals surface area contributed by atoms with Crippen molar-refractivity contribution in [2.45, 2.75) is 72.6 Å². The number of nitriles is 1. The van der Waals surface area contributed by atoms with E-state index in [0.29, 0.717) is 24.8 Å². The smallest absolute Gasteiger partial charge is 0.550 e. The molecule has 27 heavy (non-hydrogen) atoms. The second kappa shape index (κ2) is 24.3. The fourth-order valence-electron chi connectivity index (χ4n) is 2.94. The van der Waals surface area contributed by atoms with Gasteiger partial charge in [0, 0.05) is 18.4 Å². The predicted octanol–water partition coefficient (Wildman–Crippen LogP) is -4.76. The Bertz CT molecular complexity index is 417. The van der Waals surface area contributed by atoms with E-state index >= 15 is 0 Å². The first-order valence-corrected chi connectivity index (χ1v) is 9.08. The summed E-state index contributed by atoms with van der Waals surface area (Å²) in [7, 11) is 0. The van der Waals surface area contributed by atoms with Crippen LogP contribution in [0.5, 0.6) is 0 Å². The first kappa shape index (κ1) is 36.4. The van der Waals surface area contributed by atoms with E-state index in [1.54, 1.807) is 0 Å². The van der Waals surface area contributed by atoms with Crippen LogP contribution in [0.1, 0.15) is 72.6 Å². The SMILES string of the molecule is C[C@H](CCC#N)C[C@@H](C)CC(=O)[O-].C[C@H](CCN)C[C@@H](C)CC(=O)[O-].[Rb+].[Rb+]. The molecular weight excluding hydrogens is 491 g/mol. The van der Waals surface area contributed by atoms with Gasteiger partial charge in [-0.2, -0.15) is 5.26 Å². The monoisotopic (exact) mass is 524 g/mol. The van der Waals surface area contributed by atoms with E-state index in [0.717, 1.165) is 25.7 Å². The molecule has 0 rings (SSSR count). The fourth-order valence-corrected chi connectivity index (χ4v) is 2.94. The van der Waals surface area contributed by atoms with E-state index in [1.165, 1.54) is 0 Å². The summed E-state index contributed by atoms with van der Waals surface area (Å²) in [4.78, 5) is 20.5. The molecule has 0 radical (unpaired) electrons. The number of carbonyl (C=O) groups is 2. The molecule has 0 heterocycles. The molecule has 0 unspecified atom stereocenters. The van der Waals surface area contributed by atoms with Crippen molar-refractivity contribution in [3.8, 4) is 6.07 Å². The van der Waals surface area contributed by atoms with Gasteiger partial charge in [-0.15, -0.1) is 0 Å². The maximum absolute atomic E-state index is 10.2. The van der Waals surface area contributed by atoms with Crippen molar-refractivity contribution in [2.75, 3.05) is 6.54 Å². The zero-order valence-electron chi connectivity index (χ0n) is 18.1. The molecule has 8 heteroatoms. The van der Waals surface area contributed by atoms with Crippen molar-refractivity contribution in [3.63, 3.8) is 0 Å². The summed E-state index contributed by atoms with van der Waals surface area (Å²) in [6.07, 6.45) is 4.44. The molecule has 0 amide bonds. The third-order valence-corrected chi connectivity index (χ3v) is 4.05. The Morgan fingerprint density at radius 3 is 1.52 bits per heavy atom. The minimum absolute atomic E-state index is 0. The van der Waals surface area contributed by atoms with Gasteiger partial charge in [0.25, 0.3) is 0 Å². The number of carbonyl (C=O) groups excluding carboxylic acids is 2. The molecular formula is C19H34N2O4Rb2. The molecule has 0 aliphatic heterocycles. The van der Waals surface area contributed by atoms with E-state index in [2.05, 4.69) is 13.0 Å². The quantitative estimate of drug-likeness (QED) is 0.273. The van der Waals surface area contributed by atoms with Crippen LogP contribution in [0.2, 0.25) is 0 Å². The molecule has 0 aromatic heterocycles. The Hall–Kier alpha value is 2.00. The van der Waals surface area contributed by atoms with E-state index in [9.17, 15) is 19.8 Å². The van der Waals surface area contributed by atoms with E-state index in [-0.39, 0.29) is 141 Å². The largest absolute Gasteiger partial charge is 1.00 e. The molecule has 0 aromatic rings. The average Bonchev–Trinajstić information content (AvgIpc) is 2.43. The first-order chi connectivity index (χ1) is 11.6. The summed E-state index contributed by atoms with van der Waals surface area (Å²) in [5.41, 5.74) is 5.38. The molecule has 0 aliphatic rings. The Morgan fingerprint density at radius 1 is 0.852 bits per heavy atom. The average molecular weight is 525 g/mol. The second-order valence-corrected chi connectivity index (χ2v) is 7.32. The number of rotatable bonds is 12. The molecule has 0 spiro atoms. The molecule has 4 atom stereocenters. The number of carboxylic acid groups (broad SMARTS) is 2. The van der Waals surface area contributed by atoms with Gasteiger partial charge in [-0.3, -0.25) is 0 Å². The minimum atomic E-state index is -0.986. The third kappa shape index (κ3) is 30.3. The van der Waals surface area contributed by atoms with Crippen LogP contribution in [0.3, 0.4) is 0 Å². The van der Waals surface area contributed by atoms with Crippen LogP contribution in [-0.2, 0) is 9.59 Å². The van der Waals surface area contributed by atoms with Crippen molar-refractivity contribution in [2.24, 2.45) is 29.4 Å². The Balaban J connectivity index is -0.000000183. The summed E-state index contributed by atoms with van der Waals surface area (Å²) in [6, 6.07) is 2.08. The number of aliphatic carboxylic acids is 2. The van der Waals surface area contributed by atoms with Gasteiger partial charge in [-0.25, -0.2) is 0 Å². The molecule has 0 saturated heterocycles. The fraction of sp³-hybridized carbons (Fsp3) is 0.842. The summed E-state index contributed by atoms with van der Waals surface area (Å²) in [5.74, 6) is -0.643. The zero-order chi connectivity index (χ0) is 19.8. The van der Waals surface area contributed by atoms with Gasteiger partial charge in [0.1, 0.15) is 0 Å². The maximum atomic E-state index is 10.2. The number of hydrogen-bond donors (Lipinski definition) is 1. The van der Waals surface area contributed by atoms with Crippen molar-refractivity contribution in [1.29, 1.82) is 5.26 Å². The van der Waals surface area contributed by atoms with Crippen molar-refractivity contribution in [3.05, 3.63) is 0 Å². The summed E-state index contributed by atoms with van der Waals surface area (Å²) < 4.78 is 0. The van der Waals surface area contributed by atoms with Gasteiger partial charge in [-0.1, -0.05) is 27.7 Å². The van der Waals surface area contributed by atoms with Crippen LogP contribution in [0, 0.1) is 35.0 Å². The number of carboxylic acids is 2. The van der Waals surface area contributed by atoms with Crippen LogP contribution >= 0.6 is 0 Å². The minimum Gasteiger partial charge on any atom is -0.550 e. The van der Waals surface area contributed by atoms with Crippen molar-refractivity contribution < 1.29 is 136 Å². The molecule has 0 fully saturated rings. The van der Waals surface area contributed by atoms with Crippen LogP contribution in [-0.4, -0.2) is 18.5 Å². The van der Waals surface area contributed by atoms with Gasteiger partial charge in [0.15, 0.2) is 0 Å². The summed E-state index contributed by atoms with van der Waals surface area (Å²) >= 11 is 0. The van der Waals surface area contributed by atoms with Crippen LogP contribution < -0.4 is 132 Å². The Labute approximate surface area is 263 Å². The van der Waals surface area contributed by atoms with Gasteiger partial charge in [0.05, 0.1) is 6.07 Å². The summed E-state index contributed by atoms with van der Waals surface area (Å²) in [6.45, 7) is 8.66. The predicted molar refractivity (Wildman–Crippen MR) is 93.7 cm³/mol. The van der Waals surface area contributed by atoms with Crippen molar-refractivity contribution in [1.82, 2.24) is 0 Å². The van der Waals surface area contributed by atoms with Gasteiger partial charge in [-0.05, 0) is 68.7 Å². The third-order valence-electron chi connectivity index (χ3n) is 4.05. The first-order valence-electron chi connectivity index (χ1n) is 9.08. The topological polar surface area (TPSA) is 130 Å². The summed E-state index contributed by atoms with van der Waals surface area (Å²) in [5, 5.41) is 28.8. The Kier molecular flexibility index (Phi) is 32.7. The molecule has 6 nitrogen and oxygen atoms in total. The number of nitrogens with zero attached hydrogens (tertiary/aromatic N) is 1. The maximum Gasteiger partial charge on any atom is 1.00 e. The molecule has 0 aliphatic carbocycles. The van der Waals surface area contributed by atoms with Crippen LogP contribution in [0.15, 0.2) is 0 Å². The molecule has 0 bridgehead atoms. The van der Waals surface area contributed by atoms with E-state index in [4.69, 9.17) is 11.0 Å². The zero-order valence-corrected chi connectivity index (χ0v) is 28.0.